The second-order valence-electron chi connectivity index (χ2n) is 5.16. The summed E-state index contributed by atoms with van der Waals surface area (Å²) in [7, 11) is 0. The predicted molar refractivity (Wildman–Crippen MR) is 87.3 cm³/mol. The molecule has 0 heterocycles. The molecule has 19 heavy (non-hydrogen) atoms. The predicted octanol–water partition coefficient (Wildman–Crippen LogP) is 4.76. The number of aryl methyl sites for hydroxylation is 1. The Labute approximate surface area is 116 Å². The van der Waals surface area contributed by atoms with Gasteiger partial charge in [-0.1, -0.05) is 51.8 Å². The van der Waals surface area contributed by atoms with Crippen molar-refractivity contribution in [1.82, 2.24) is 0 Å². The lowest BCUT2D eigenvalue weighted by Gasteiger charge is -2.07. The normalized spacial score (nSPS) is 10.4. The van der Waals surface area contributed by atoms with Crippen LogP contribution >= 0.6 is 0 Å². The minimum atomic E-state index is 0.749. The van der Waals surface area contributed by atoms with Crippen LogP contribution in [0.1, 0.15) is 39.2 Å². The van der Waals surface area contributed by atoms with Crippen molar-refractivity contribution >= 4 is 22.1 Å². The van der Waals surface area contributed by atoms with Crippen molar-refractivity contribution in [3.63, 3.8) is 0 Å². The fourth-order valence-electron chi connectivity index (χ4n) is 1.90. The number of fused-ring (bicyclic) bond motifs is 1. The van der Waals surface area contributed by atoms with Gasteiger partial charge in [0.2, 0.25) is 0 Å². The number of rotatable bonds is 2. The quantitative estimate of drug-likeness (QED) is 0.763. The van der Waals surface area contributed by atoms with E-state index >= 15 is 0 Å². The molecule has 0 bridgehead atoms. The van der Waals surface area contributed by atoms with Gasteiger partial charge >= 0.3 is 0 Å². The average Bonchev–Trinajstić information content (AvgIpc) is 2.43. The van der Waals surface area contributed by atoms with E-state index < -0.39 is 0 Å². The molecule has 2 aromatic rings. The Morgan fingerprint density at radius 3 is 2.00 bits per heavy atom. The van der Waals surface area contributed by atoms with Gasteiger partial charge in [0.15, 0.2) is 0 Å². The molecule has 0 amide bonds. The summed E-state index contributed by atoms with van der Waals surface area (Å²) in [6.07, 6.45) is 2.66. The summed E-state index contributed by atoms with van der Waals surface area (Å²) in [5.41, 5.74) is 14.4. The van der Waals surface area contributed by atoms with Gasteiger partial charge in [0.25, 0.3) is 0 Å². The van der Waals surface area contributed by atoms with E-state index in [2.05, 4.69) is 27.7 Å². The molecule has 0 atom stereocenters. The van der Waals surface area contributed by atoms with Gasteiger partial charge in [0.1, 0.15) is 0 Å². The Morgan fingerprint density at radius 2 is 1.53 bits per heavy atom. The zero-order valence-electron chi connectivity index (χ0n) is 12.5. The molecule has 0 aliphatic heterocycles. The maximum absolute atomic E-state index is 5.85. The molecule has 0 saturated carbocycles. The van der Waals surface area contributed by atoms with Gasteiger partial charge < -0.3 is 11.5 Å². The second-order valence-corrected chi connectivity index (χ2v) is 5.16. The molecule has 0 saturated heterocycles. The van der Waals surface area contributed by atoms with Gasteiger partial charge in [-0.25, -0.2) is 0 Å². The third-order valence-corrected chi connectivity index (χ3v) is 3.72. The number of nitrogen functional groups attached to an aromatic ring is 2. The van der Waals surface area contributed by atoms with Crippen LogP contribution in [0.4, 0.5) is 11.4 Å². The summed E-state index contributed by atoms with van der Waals surface area (Å²) in [5.74, 6) is 0.935. The van der Waals surface area contributed by atoms with Crippen molar-refractivity contribution in [1.29, 1.82) is 0 Å². The van der Waals surface area contributed by atoms with Crippen LogP contribution in [0.3, 0.4) is 0 Å². The van der Waals surface area contributed by atoms with Crippen LogP contribution in [0.25, 0.3) is 10.8 Å². The zero-order chi connectivity index (χ0) is 14.4. The molecule has 104 valence electrons. The number of hydrogen-bond acceptors (Lipinski definition) is 2. The van der Waals surface area contributed by atoms with Crippen LogP contribution < -0.4 is 11.5 Å². The van der Waals surface area contributed by atoms with E-state index in [1.54, 1.807) is 0 Å². The molecule has 0 aromatic heterocycles. The molecule has 0 aliphatic carbocycles. The highest BCUT2D eigenvalue weighted by Crippen LogP contribution is 2.28. The topological polar surface area (TPSA) is 52.0 Å². The van der Waals surface area contributed by atoms with E-state index in [1.165, 1.54) is 18.4 Å². The Kier molecular flexibility index (Phi) is 5.68. The molecule has 2 aromatic carbocycles. The molecule has 2 rings (SSSR count). The SMILES string of the molecule is CCC(C)CC.Cc1ccc(N)c2c(N)cccc12. The Hall–Kier alpha value is -1.70. The first-order valence-corrected chi connectivity index (χ1v) is 7.04. The van der Waals surface area contributed by atoms with E-state index in [4.69, 9.17) is 11.5 Å². The van der Waals surface area contributed by atoms with Crippen LogP contribution in [-0.4, -0.2) is 0 Å². The van der Waals surface area contributed by atoms with E-state index in [-0.39, 0.29) is 0 Å². The largest absolute Gasteiger partial charge is 0.398 e. The lowest BCUT2D eigenvalue weighted by Crippen LogP contribution is -1.93. The number of anilines is 2. The van der Waals surface area contributed by atoms with Crippen molar-refractivity contribution < 1.29 is 0 Å². The first-order valence-electron chi connectivity index (χ1n) is 7.04. The number of hydrogen-bond donors (Lipinski definition) is 2. The molecular weight excluding hydrogens is 232 g/mol. The van der Waals surface area contributed by atoms with E-state index in [9.17, 15) is 0 Å². The fourth-order valence-corrected chi connectivity index (χ4v) is 1.90. The molecule has 0 fully saturated rings. The van der Waals surface area contributed by atoms with Crippen LogP contribution in [-0.2, 0) is 0 Å². The van der Waals surface area contributed by atoms with Gasteiger partial charge in [0.05, 0.1) is 0 Å². The maximum atomic E-state index is 5.85. The standard InChI is InChI=1S/C11H12N2.C6H14/c1-7-5-6-10(13)11-8(7)3-2-4-9(11)12;1-4-6(3)5-2/h2-6H,12-13H2,1H3;6H,4-5H2,1-3H3. The highest BCUT2D eigenvalue weighted by atomic mass is 14.6. The Bertz CT molecular complexity index is 520. The lowest BCUT2D eigenvalue weighted by molar-refractivity contribution is 0.544. The van der Waals surface area contributed by atoms with Crippen molar-refractivity contribution in [3.05, 3.63) is 35.9 Å². The second kappa shape index (κ2) is 7.03. The van der Waals surface area contributed by atoms with Gasteiger partial charge in [-0.05, 0) is 35.9 Å². The molecule has 4 N–H and O–H groups in total. The minimum absolute atomic E-state index is 0.749. The van der Waals surface area contributed by atoms with Crippen LogP contribution in [0.15, 0.2) is 30.3 Å². The first kappa shape index (κ1) is 15.4. The smallest absolute Gasteiger partial charge is 0.0414 e. The Morgan fingerprint density at radius 1 is 0.947 bits per heavy atom. The van der Waals surface area contributed by atoms with Crippen LogP contribution in [0.5, 0.6) is 0 Å². The first-order chi connectivity index (χ1) is 9.01. The van der Waals surface area contributed by atoms with Gasteiger partial charge in [0, 0.05) is 16.8 Å². The lowest BCUT2D eigenvalue weighted by atomic mass is 10.0. The van der Waals surface area contributed by atoms with Gasteiger partial charge in [-0.3, -0.25) is 0 Å². The Balaban J connectivity index is 0.000000258. The fraction of sp³-hybridized carbons (Fsp3) is 0.412. The molecule has 2 heteroatoms. The third-order valence-electron chi connectivity index (χ3n) is 3.72. The molecule has 0 spiro atoms. The number of nitrogens with two attached hydrogens (primary N) is 2. The summed E-state index contributed by atoms with van der Waals surface area (Å²) < 4.78 is 0. The van der Waals surface area contributed by atoms with Crippen LogP contribution in [0, 0.1) is 12.8 Å². The summed E-state index contributed by atoms with van der Waals surface area (Å²) >= 11 is 0. The molecule has 0 aliphatic rings. The van der Waals surface area contributed by atoms with Crippen molar-refractivity contribution in [2.45, 2.75) is 40.5 Å². The maximum Gasteiger partial charge on any atom is 0.0414 e. The van der Waals surface area contributed by atoms with Gasteiger partial charge in [-0.15, -0.1) is 0 Å². The van der Waals surface area contributed by atoms with E-state index in [0.717, 1.165) is 28.1 Å². The van der Waals surface area contributed by atoms with Gasteiger partial charge in [-0.2, -0.15) is 0 Å². The minimum Gasteiger partial charge on any atom is -0.398 e. The summed E-state index contributed by atoms with van der Waals surface area (Å²) in [6.45, 7) is 8.80. The average molecular weight is 258 g/mol. The molecule has 0 radical (unpaired) electrons. The summed E-state index contributed by atoms with van der Waals surface area (Å²) in [6, 6.07) is 9.77. The highest BCUT2D eigenvalue weighted by molar-refractivity contribution is 6.03. The summed E-state index contributed by atoms with van der Waals surface area (Å²) in [5, 5.41) is 2.11. The van der Waals surface area contributed by atoms with E-state index in [0.29, 0.717) is 0 Å². The molecule has 0 unspecified atom stereocenters. The monoisotopic (exact) mass is 258 g/mol. The molecule has 2 nitrogen and oxygen atoms in total. The zero-order valence-corrected chi connectivity index (χ0v) is 12.5. The molecular formula is C17H26N2. The van der Waals surface area contributed by atoms with Crippen molar-refractivity contribution in [2.24, 2.45) is 5.92 Å². The number of benzene rings is 2. The van der Waals surface area contributed by atoms with Crippen molar-refractivity contribution in [3.8, 4) is 0 Å². The highest BCUT2D eigenvalue weighted by Gasteiger charge is 2.02. The van der Waals surface area contributed by atoms with Crippen LogP contribution in [0.2, 0.25) is 0 Å². The third kappa shape index (κ3) is 3.88. The summed E-state index contributed by atoms with van der Waals surface area (Å²) in [4.78, 5) is 0. The van der Waals surface area contributed by atoms with E-state index in [1.807, 2.05) is 30.3 Å². The van der Waals surface area contributed by atoms with Crippen molar-refractivity contribution in [2.75, 3.05) is 11.5 Å².